The Morgan fingerprint density at radius 2 is 1.85 bits per heavy atom. The van der Waals surface area contributed by atoms with Crippen molar-refractivity contribution in [3.63, 3.8) is 0 Å². The van der Waals surface area contributed by atoms with E-state index in [4.69, 9.17) is 4.84 Å². The van der Waals surface area contributed by atoms with Crippen molar-refractivity contribution in [2.24, 2.45) is 5.16 Å². The first-order valence-electron chi connectivity index (χ1n) is 13.2. The van der Waals surface area contributed by atoms with E-state index in [2.05, 4.69) is 26.1 Å². The Bertz CT molecular complexity index is 1500. The van der Waals surface area contributed by atoms with Gasteiger partial charge in [0, 0.05) is 65.5 Å². The number of nitrogens with zero attached hydrogens (tertiary/aromatic N) is 4. The number of aromatic nitrogens is 2. The smallest absolute Gasteiger partial charge is 0.263 e. The molecule has 2 aromatic heterocycles. The highest BCUT2D eigenvalue weighted by Crippen LogP contribution is 2.42. The van der Waals surface area contributed by atoms with Crippen molar-refractivity contribution in [2.75, 3.05) is 25.0 Å². The summed E-state index contributed by atoms with van der Waals surface area (Å²) in [5.41, 5.74) is 5.56. The zero-order valence-electron chi connectivity index (χ0n) is 22.5. The first-order chi connectivity index (χ1) is 19.6. The number of carbonyl (C=O) groups is 2. The number of amides is 2. The number of oxime groups is 1. The maximum Gasteiger partial charge on any atom is 0.263 e. The number of nitrogens with one attached hydrogen (secondary N) is 1. The molecule has 0 saturated heterocycles. The van der Waals surface area contributed by atoms with Crippen LogP contribution in [0.5, 0.6) is 0 Å². The predicted octanol–water partition coefficient (Wildman–Crippen LogP) is 5.57. The summed E-state index contributed by atoms with van der Waals surface area (Å²) in [5.74, 6) is 0.452. The molecule has 3 heterocycles. The average Bonchev–Trinajstić information content (AvgIpc) is 3.60. The van der Waals surface area contributed by atoms with Crippen LogP contribution in [0.4, 0.5) is 5.69 Å². The molecule has 1 atom stereocenters. The number of fused-ring (bicyclic) bond motifs is 1. The SMILES string of the molecule is CCN(CC)C(=O)CON=C(c1ccccc1)c1cccc(NC(=O)c2ccn3c2CSC3c2cccnc2)c1. The van der Waals surface area contributed by atoms with E-state index in [-0.39, 0.29) is 23.8 Å². The molecule has 0 fully saturated rings. The summed E-state index contributed by atoms with van der Waals surface area (Å²) in [6, 6.07) is 23.0. The van der Waals surface area contributed by atoms with Gasteiger partial charge in [-0.3, -0.25) is 14.6 Å². The molecule has 0 aliphatic carbocycles. The fourth-order valence-corrected chi connectivity index (χ4v) is 6.02. The maximum absolute atomic E-state index is 13.4. The highest BCUT2D eigenvalue weighted by Gasteiger charge is 2.28. The third-order valence-corrected chi connectivity index (χ3v) is 8.03. The molecule has 204 valence electrons. The lowest BCUT2D eigenvalue weighted by Crippen LogP contribution is -2.33. The lowest BCUT2D eigenvalue weighted by atomic mass is 10.0. The topological polar surface area (TPSA) is 88.8 Å². The Balaban J connectivity index is 1.35. The van der Waals surface area contributed by atoms with Gasteiger partial charge < -0.3 is 19.6 Å². The van der Waals surface area contributed by atoms with Crippen LogP contribution in [0.25, 0.3) is 0 Å². The standard InChI is InChI=1S/C31H31N5O3S/c1-3-35(4-2)28(37)20-39-34-29(22-10-6-5-7-11-22)23-12-8-14-25(18-23)33-30(38)26-15-17-36-27(26)21-40-31(36)24-13-9-16-32-19-24/h5-19,31H,3-4,20-21H2,1-2H3,(H,33,38). The Morgan fingerprint density at radius 3 is 2.60 bits per heavy atom. The zero-order valence-corrected chi connectivity index (χ0v) is 23.3. The summed E-state index contributed by atoms with van der Waals surface area (Å²) in [6.07, 6.45) is 5.60. The Hall–Kier alpha value is -4.37. The van der Waals surface area contributed by atoms with Gasteiger partial charge in [0.15, 0.2) is 6.61 Å². The molecule has 9 heteroatoms. The number of pyridine rings is 1. The normalized spacial score (nSPS) is 14.4. The van der Waals surface area contributed by atoms with Gasteiger partial charge in [0.25, 0.3) is 11.8 Å². The Kier molecular flexibility index (Phi) is 8.61. The van der Waals surface area contributed by atoms with E-state index in [9.17, 15) is 9.59 Å². The minimum absolute atomic E-state index is 0.104. The summed E-state index contributed by atoms with van der Waals surface area (Å²) in [6.45, 7) is 4.94. The fourth-order valence-electron chi connectivity index (χ4n) is 4.71. The van der Waals surface area contributed by atoms with Gasteiger partial charge >= 0.3 is 0 Å². The van der Waals surface area contributed by atoms with Crippen molar-refractivity contribution < 1.29 is 14.4 Å². The monoisotopic (exact) mass is 553 g/mol. The number of rotatable bonds is 10. The summed E-state index contributed by atoms with van der Waals surface area (Å²) in [7, 11) is 0. The van der Waals surface area contributed by atoms with Gasteiger partial charge in [0.05, 0.1) is 5.56 Å². The third kappa shape index (κ3) is 5.94. The van der Waals surface area contributed by atoms with Crippen LogP contribution in [0.1, 0.15) is 52.0 Å². The van der Waals surface area contributed by atoms with Crippen LogP contribution in [0.3, 0.4) is 0 Å². The summed E-state index contributed by atoms with van der Waals surface area (Å²) < 4.78 is 2.14. The second-order valence-electron chi connectivity index (χ2n) is 9.21. The number of hydrogen-bond acceptors (Lipinski definition) is 6. The fraction of sp³-hybridized carbons (Fsp3) is 0.226. The highest BCUT2D eigenvalue weighted by molar-refractivity contribution is 7.99. The van der Waals surface area contributed by atoms with Gasteiger partial charge in [0.1, 0.15) is 11.1 Å². The first-order valence-corrected chi connectivity index (χ1v) is 14.3. The van der Waals surface area contributed by atoms with Crippen molar-refractivity contribution in [1.82, 2.24) is 14.5 Å². The van der Waals surface area contributed by atoms with E-state index in [0.29, 0.717) is 30.1 Å². The lowest BCUT2D eigenvalue weighted by Gasteiger charge is -2.17. The van der Waals surface area contributed by atoms with E-state index < -0.39 is 0 Å². The molecule has 0 saturated carbocycles. The minimum Gasteiger partial charge on any atom is -0.385 e. The molecule has 4 aromatic rings. The van der Waals surface area contributed by atoms with Gasteiger partial charge in [-0.05, 0) is 38.1 Å². The summed E-state index contributed by atoms with van der Waals surface area (Å²) in [5, 5.41) is 7.51. The van der Waals surface area contributed by atoms with Crippen molar-refractivity contribution in [3.8, 4) is 0 Å². The second-order valence-corrected chi connectivity index (χ2v) is 10.3. The van der Waals surface area contributed by atoms with E-state index in [1.54, 1.807) is 22.9 Å². The summed E-state index contributed by atoms with van der Waals surface area (Å²) in [4.78, 5) is 37.2. The molecule has 2 amide bonds. The Morgan fingerprint density at radius 1 is 1.05 bits per heavy atom. The molecule has 0 spiro atoms. The molecule has 5 rings (SSSR count). The van der Waals surface area contributed by atoms with Gasteiger partial charge in [0.2, 0.25) is 0 Å². The minimum atomic E-state index is -0.169. The van der Waals surface area contributed by atoms with Crippen LogP contribution >= 0.6 is 11.8 Å². The van der Waals surface area contributed by atoms with Crippen molar-refractivity contribution in [3.05, 3.63) is 119 Å². The Labute approximate surface area is 238 Å². The number of hydrogen-bond donors (Lipinski definition) is 1. The molecule has 40 heavy (non-hydrogen) atoms. The van der Waals surface area contributed by atoms with Crippen molar-refractivity contribution in [1.29, 1.82) is 0 Å². The van der Waals surface area contributed by atoms with Crippen LogP contribution in [0.15, 0.2) is 96.5 Å². The number of likely N-dealkylation sites (N-methyl/N-ethyl adjacent to an activating group) is 1. The second kappa shape index (κ2) is 12.7. The molecule has 0 radical (unpaired) electrons. The van der Waals surface area contributed by atoms with E-state index in [0.717, 1.165) is 28.1 Å². The van der Waals surface area contributed by atoms with Crippen molar-refractivity contribution in [2.45, 2.75) is 25.0 Å². The molecule has 1 aliphatic heterocycles. The molecular formula is C31H31N5O3S. The molecule has 1 N–H and O–H groups in total. The predicted molar refractivity (Wildman–Crippen MR) is 158 cm³/mol. The maximum atomic E-state index is 13.4. The van der Waals surface area contributed by atoms with Crippen molar-refractivity contribution >= 4 is 35.0 Å². The lowest BCUT2D eigenvalue weighted by molar-refractivity contribution is -0.135. The van der Waals surface area contributed by atoms with E-state index >= 15 is 0 Å². The quantitative estimate of drug-likeness (QED) is 0.205. The third-order valence-electron chi connectivity index (χ3n) is 6.77. The van der Waals surface area contributed by atoms with Crippen LogP contribution in [0, 0.1) is 0 Å². The molecule has 0 bridgehead atoms. The van der Waals surface area contributed by atoms with Gasteiger partial charge in [-0.2, -0.15) is 0 Å². The molecule has 1 unspecified atom stereocenters. The number of benzene rings is 2. The van der Waals surface area contributed by atoms with E-state index in [1.165, 1.54) is 0 Å². The van der Waals surface area contributed by atoms with Crippen LogP contribution in [-0.2, 0) is 15.4 Å². The van der Waals surface area contributed by atoms with Crippen LogP contribution in [-0.4, -0.2) is 51.7 Å². The molecule has 2 aromatic carbocycles. The van der Waals surface area contributed by atoms with Gasteiger partial charge in [-0.1, -0.05) is 53.7 Å². The number of anilines is 1. The van der Waals surface area contributed by atoms with Crippen LogP contribution in [0.2, 0.25) is 0 Å². The molecule has 8 nitrogen and oxygen atoms in total. The number of carbonyl (C=O) groups excluding carboxylic acids is 2. The van der Waals surface area contributed by atoms with Crippen LogP contribution < -0.4 is 5.32 Å². The first kappa shape index (κ1) is 27.2. The average molecular weight is 554 g/mol. The molecule has 1 aliphatic rings. The van der Waals surface area contributed by atoms with E-state index in [1.807, 2.05) is 93.0 Å². The van der Waals surface area contributed by atoms with Gasteiger partial charge in [-0.15, -0.1) is 11.8 Å². The highest BCUT2D eigenvalue weighted by atomic mass is 32.2. The van der Waals surface area contributed by atoms with Gasteiger partial charge in [-0.25, -0.2) is 0 Å². The molecular weight excluding hydrogens is 522 g/mol. The largest absolute Gasteiger partial charge is 0.385 e. The summed E-state index contributed by atoms with van der Waals surface area (Å²) >= 11 is 1.77. The zero-order chi connectivity index (χ0) is 27.9. The number of thioether (sulfide) groups is 1.